The minimum atomic E-state index is -0.275. The van der Waals surface area contributed by atoms with E-state index >= 15 is 0 Å². The van der Waals surface area contributed by atoms with Crippen LogP contribution in [0.5, 0.6) is 0 Å². The lowest BCUT2D eigenvalue weighted by Gasteiger charge is -2.24. The smallest absolute Gasteiger partial charge is 0.259 e. The SMILES string of the molecule is CC(CCN)N(C)C(=O)c1c[nH]ccc1=O. The molecule has 88 valence electrons. The minimum Gasteiger partial charge on any atom is -0.367 e. The van der Waals surface area contributed by atoms with Gasteiger partial charge in [-0.05, 0) is 19.9 Å². The van der Waals surface area contributed by atoms with E-state index in [9.17, 15) is 9.59 Å². The molecule has 0 aliphatic carbocycles. The third kappa shape index (κ3) is 2.70. The summed E-state index contributed by atoms with van der Waals surface area (Å²) in [4.78, 5) is 27.7. The minimum absolute atomic E-state index is 0.0251. The Morgan fingerprint density at radius 3 is 2.88 bits per heavy atom. The van der Waals surface area contributed by atoms with E-state index in [1.165, 1.54) is 23.4 Å². The molecule has 0 saturated carbocycles. The molecular formula is C11H17N3O2. The largest absolute Gasteiger partial charge is 0.367 e. The first kappa shape index (κ1) is 12.4. The summed E-state index contributed by atoms with van der Waals surface area (Å²) in [6, 6.07) is 1.37. The van der Waals surface area contributed by atoms with Crippen molar-refractivity contribution < 1.29 is 4.79 Å². The fraction of sp³-hybridized carbons (Fsp3) is 0.455. The van der Waals surface area contributed by atoms with Gasteiger partial charge in [0.25, 0.3) is 5.91 Å². The molecule has 1 amide bonds. The number of hydrogen-bond donors (Lipinski definition) is 2. The molecule has 1 atom stereocenters. The number of rotatable bonds is 4. The summed E-state index contributed by atoms with van der Waals surface area (Å²) in [6.45, 7) is 2.42. The Kier molecular flexibility index (Phi) is 4.25. The number of amides is 1. The first-order valence-electron chi connectivity index (χ1n) is 5.22. The molecule has 5 heteroatoms. The Morgan fingerprint density at radius 1 is 1.62 bits per heavy atom. The summed E-state index contributed by atoms with van der Waals surface area (Å²) in [5, 5.41) is 0. The first-order chi connectivity index (χ1) is 7.57. The molecule has 0 radical (unpaired) electrons. The number of nitrogens with one attached hydrogen (secondary N) is 1. The third-order valence-corrected chi connectivity index (χ3v) is 2.62. The van der Waals surface area contributed by atoms with Crippen LogP contribution in [-0.4, -0.2) is 35.4 Å². The zero-order valence-corrected chi connectivity index (χ0v) is 9.56. The molecule has 3 N–H and O–H groups in total. The van der Waals surface area contributed by atoms with E-state index in [1.807, 2.05) is 6.92 Å². The molecule has 16 heavy (non-hydrogen) atoms. The zero-order chi connectivity index (χ0) is 12.1. The number of carbonyl (C=O) groups is 1. The van der Waals surface area contributed by atoms with E-state index in [1.54, 1.807) is 7.05 Å². The fourth-order valence-corrected chi connectivity index (χ4v) is 1.41. The Labute approximate surface area is 94.3 Å². The van der Waals surface area contributed by atoms with Crippen LogP contribution in [0.2, 0.25) is 0 Å². The van der Waals surface area contributed by atoms with Crippen molar-refractivity contribution in [2.24, 2.45) is 5.73 Å². The van der Waals surface area contributed by atoms with E-state index < -0.39 is 0 Å². The molecule has 0 aliphatic rings. The van der Waals surface area contributed by atoms with Crippen molar-refractivity contribution in [1.29, 1.82) is 0 Å². The van der Waals surface area contributed by atoms with Crippen LogP contribution in [0.4, 0.5) is 0 Å². The molecule has 0 fully saturated rings. The van der Waals surface area contributed by atoms with Crippen molar-refractivity contribution in [3.8, 4) is 0 Å². The number of carbonyl (C=O) groups excluding carboxylic acids is 1. The van der Waals surface area contributed by atoms with Crippen molar-refractivity contribution in [3.05, 3.63) is 34.2 Å². The van der Waals surface area contributed by atoms with E-state index in [-0.39, 0.29) is 22.9 Å². The Balaban J connectivity index is 2.86. The summed E-state index contributed by atoms with van der Waals surface area (Å²) in [7, 11) is 1.68. The number of H-pyrrole nitrogens is 1. The summed E-state index contributed by atoms with van der Waals surface area (Å²) in [6.07, 6.45) is 3.64. The topological polar surface area (TPSA) is 79.2 Å². The van der Waals surface area contributed by atoms with Gasteiger partial charge in [-0.15, -0.1) is 0 Å². The zero-order valence-electron chi connectivity index (χ0n) is 9.56. The summed E-state index contributed by atoms with van der Waals surface area (Å²) in [5.74, 6) is -0.275. The highest BCUT2D eigenvalue weighted by atomic mass is 16.2. The highest BCUT2D eigenvalue weighted by Crippen LogP contribution is 2.04. The van der Waals surface area contributed by atoms with Gasteiger partial charge in [0.15, 0.2) is 5.43 Å². The fourth-order valence-electron chi connectivity index (χ4n) is 1.41. The molecule has 1 rings (SSSR count). The maximum atomic E-state index is 11.9. The van der Waals surface area contributed by atoms with Crippen LogP contribution in [-0.2, 0) is 0 Å². The average molecular weight is 223 g/mol. The van der Waals surface area contributed by atoms with E-state index in [4.69, 9.17) is 5.73 Å². The number of nitrogens with zero attached hydrogens (tertiary/aromatic N) is 1. The molecule has 1 aromatic rings. The number of aromatic nitrogens is 1. The second kappa shape index (κ2) is 5.46. The molecule has 0 aromatic carbocycles. The van der Waals surface area contributed by atoms with Crippen molar-refractivity contribution in [2.45, 2.75) is 19.4 Å². The van der Waals surface area contributed by atoms with Gasteiger partial charge in [-0.1, -0.05) is 0 Å². The number of pyridine rings is 1. The lowest BCUT2D eigenvalue weighted by atomic mass is 10.1. The second-order valence-electron chi connectivity index (χ2n) is 3.76. The van der Waals surface area contributed by atoms with E-state index in [0.29, 0.717) is 13.0 Å². The maximum absolute atomic E-state index is 11.9. The normalized spacial score (nSPS) is 12.2. The Bertz CT molecular complexity index is 414. The summed E-state index contributed by atoms with van der Waals surface area (Å²) < 4.78 is 0. The quantitative estimate of drug-likeness (QED) is 0.764. The second-order valence-corrected chi connectivity index (χ2v) is 3.76. The van der Waals surface area contributed by atoms with Gasteiger partial charge in [-0.25, -0.2) is 0 Å². The molecule has 1 unspecified atom stereocenters. The van der Waals surface area contributed by atoms with Gasteiger partial charge in [0.2, 0.25) is 0 Å². The predicted molar refractivity (Wildman–Crippen MR) is 62.3 cm³/mol. The summed E-state index contributed by atoms with van der Waals surface area (Å²) >= 11 is 0. The van der Waals surface area contributed by atoms with Crippen molar-refractivity contribution in [1.82, 2.24) is 9.88 Å². The van der Waals surface area contributed by atoms with Gasteiger partial charge >= 0.3 is 0 Å². The van der Waals surface area contributed by atoms with E-state index in [2.05, 4.69) is 4.98 Å². The third-order valence-electron chi connectivity index (χ3n) is 2.62. The highest BCUT2D eigenvalue weighted by molar-refractivity contribution is 5.93. The highest BCUT2D eigenvalue weighted by Gasteiger charge is 2.18. The molecular weight excluding hydrogens is 206 g/mol. The van der Waals surface area contributed by atoms with Crippen LogP contribution >= 0.6 is 0 Å². The number of aromatic amines is 1. The van der Waals surface area contributed by atoms with E-state index in [0.717, 1.165) is 0 Å². The Hall–Kier alpha value is -1.62. The van der Waals surface area contributed by atoms with Crippen LogP contribution < -0.4 is 11.2 Å². The van der Waals surface area contributed by atoms with Gasteiger partial charge in [-0.2, -0.15) is 0 Å². The van der Waals surface area contributed by atoms with Gasteiger partial charge in [0.1, 0.15) is 5.56 Å². The monoisotopic (exact) mass is 223 g/mol. The van der Waals surface area contributed by atoms with Crippen LogP contribution in [0.3, 0.4) is 0 Å². The van der Waals surface area contributed by atoms with Crippen molar-refractivity contribution >= 4 is 5.91 Å². The predicted octanol–water partition coefficient (Wildman–Crippen LogP) is 0.184. The molecule has 0 bridgehead atoms. The van der Waals surface area contributed by atoms with Crippen LogP contribution in [0, 0.1) is 0 Å². The molecule has 0 saturated heterocycles. The maximum Gasteiger partial charge on any atom is 0.259 e. The average Bonchev–Trinajstić information content (AvgIpc) is 2.28. The van der Waals surface area contributed by atoms with Gasteiger partial charge in [0, 0.05) is 31.5 Å². The van der Waals surface area contributed by atoms with Crippen molar-refractivity contribution in [3.63, 3.8) is 0 Å². The summed E-state index contributed by atoms with van der Waals surface area (Å²) in [5.41, 5.74) is 5.32. The molecule has 5 nitrogen and oxygen atoms in total. The molecule has 1 heterocycles. The van der Waals surface area contributed by atoms with Gasteiger partial charge < -0.3 is 15.6 Å². The van der Waals surface area contributed by atoms with Gasteiger partial charge in [0.05, 0.1) is 0 Å². The van der Waals surface area contributed by atoms with Crippen LogP contribution in [0.1, 0.15) is 23.7 Å². The van der Waals surface area contributed by atoms with Crippen LogP contribution in [0.15, 0.2) is 23.3 Å². The van der Waals surface area contributed by atoms with Crippen molar-refractivity contribution in [2.75, 3.05) is 13.6 Å². The standard InChI is InChI=1S/C11H17N3O2/c1-8(3-5-12)14(2)11(16)9-7-13-6-4-10(9)15/h4,6-8H,3,5,12H2,1-2H3,(H,13,15). The Morgan fingerprint density at radius 2 is 2.31 bits per heavy atom. The number of nitrogens with two attached hydrogens (primary N) is 1. The lowest BCUT2D eigenvalue weighted by molar-refractivity contribution is 0.0737. The molecule has 0 aliphatic heterocycles. The molecule has 0 spiro atoms. The number of hydrogen-bond acceptors (Lipinski definition) is 3. The first-order valence-corrected chi connectivity index (χ1v) is 5.22. The molecule has 1 aromatic heterocycles. The lowest BCUT2D eigenvalue weighted by Crippen LogP contribution is -2.38. The van der Waals surface area contributed by atoms with Gasteiger partial charge in [-0.3, -0.25) is 9.59 Å². The van der Waals surface area contributed by atoms with Crippen LogP contribution in [0.25, 0.3) is 0 Å².